The summed E-state index contributed by atoms with van der Waals surface area (Å²) >= 11 is 0. The number of hydrogen-bond acceptors (Lipinski definition) is 1. The van der Waals surface area contributed by atoms with Crippen molar-refractivity contribution in [1.82, 2.24) is 4.57 Å². The first-order chi connectivity index (χ1) is 8.20. The average Bonchev–Trinajstić information content (AvgIpc) is 2.62. The molecule has 3 rings (SSSR count). The van der Waals surface area contributed by atoms with Gasteiger partial charge in [-0.15, -0.1) is 0 Å². The minimum absolute atomic E-state index is 0.909. The quantitative estimate of drug-likeness (QED) is 0.616. The largest absolute Gasteiger partial charge is 0.497 e. The molecule has 0 spiro atoms. The number of benzene rings is 2. The maximum Gasteiger partial charge on any atom is 0.119 e. The van der Waals surface area contributed by atoms with Gasteiger partial charge in [0.05, 0.1) is 7.11 Å². The van der Waals surface area contributed by atoms with Crippen molar-refractivity contribution < 1.29 is 4.74 Å². The molecule has 17 heavy (non-hydrogen) atoms. The van der Waals surface area contributed by atoms with Crippen molar-refractivity contribution in [2.24, 2.45) is 7.05 Å². The summed E-state index contributed by atoms with van der Waals surface area (Å²) in [4.78, 5) is 0. The molecule has 0 N–H and O–H groups in total. The van der Waals surface area contributed by atoms with E-state index in [9.17, 15) is 0 Å². The van der Waals surface area contributed by atoms with E-state index in [1.807, 2.05) is 6.07 Å². The molecular formula is C15H15NO. The lowest BCUT2D eigenvalue weighted by molar-refractivity contribution is 0.415. The molecule has 0 amide bonds. The van der Waals surface area contributed by atoms with Gasteiger partial charge in [0.2, 0.25) is 0 Å². The molecule has 0 aliphatic carbocycles. The number of fused-ring (bicyclic) bond motifs is 3. The molecule has 1 aromatic heterocycles. The van der Waals surface area contributed by atoms with E-state index in [1.165, 1.54) is 27.4 Å². The summed E-state index contributed by atoms with van der Waals surface area (Å²) in [6.07, 6.45) is 0. The maximum absolute atomic E-state index is 5.30. The molecule has 0 saturated carbocycles. The highest BCUT2D eigenvalue weighted by atomic mass is 16.5. The Balaban J connectivity index is 2.51. The van der Waals surface area contributed by atoms with E-state index in [1.54, 1.807) is 7.11 Å². The van der Waals surface area contributed by atoms with Crippen LogP contribution in [-0.4, -0.2) is 11.7 Å². The number of nitrogens with zero attached hydrogens (tertiary/aromatic N) is 1. The summed E-state index contributed by atoms with van der Waals surface area (Å²) in [6.45, 7) is 2.12. The molecule has 0 aliphatic heterocycles. The minimum Gasteiger partial charge on any atom is -0.497 e. The van der Waals surface area contributed by atoms with Crippen molar-refractivity contribution in [3.63, 3.8) is 0 Å². The Hall–Kier alpha value is -1.96. The molecule has 3 aromatic rings. The van der Waals surface area contributed by atoms with E-state index in [-0.39, 0.29) is 0 Å². The fourth-order valence-electron chi connectivity index (χ4n) is 2.44. The Morgan fingerprint density at radius 3 is 2.29 bits per heavy atom. The van der Waals surface area contributed by atoms with Gasteiger partial charge in [-0.05, 0) is 37.3 Å². The highest BCUT2D eigenvalue weighted by Crippen LogP contribution is 2.31. The van der Waals surface area contributed by atoms with E-state index in [2.05, 4.69) is 48.9 Å². The SMILES string of the molecule is COc1ccc2c(c1)c1cc(C)ccc1n2C. The number of aromatic nitrogens is 1. The molecule has 2 nitrogen and oxygen atoms in total. The number of rotatable bonds is 1. The monoisotopic (exact) mass is 225 g/mol. The van der Waals surface area contributed by atoms with Crippen LogP contribution in [-0.2, 0) is 7.05 Å². The number of hydrogen-bond donors (Lipinski definition) is 0. The zero-order valence-electron chi connectivity index (χ0n) is 10.3. The summed E-state index contributed by atoms with van der Waals surface area (Å²) in [5.74, 6) is 0.909. The topological polar surface area (TPSA) is 14.2 Å². The lowest BCUT2D eigenvalue weighted by Gasteiger charge is -2.00. The van der Waals surface area contributed by atoms with Crippen molar-refractivity contribution >= 4 is 21.8 Å². The fraction of sp³-hybridized carbons (Fsp3) is 0.200. The number of aryl methyl sites for hydroxylation is 2. The highest BCUT2D eigenvalue weighted by molar-refractivity contribution is 6.08. The van der Waals surface area contributed by atoms with Crippen LogP contribution in [0, 0.1) is 6.92 Å². The van der Waals surface area contributed by atoms with Gasteiger partial charge in [-0.2, -0.15) is 0 Å². The van der Waals surface area contributed by atoms with Gasteiger partial charge in [-0.25, -0.2) is 0 Å². The standard InChI is InChI=1S/C15H15NO/c1-10-4-6-14-12(8-10)13-9-11(17-3)5-7-15(13)16(14)2/h4-9H,1-3H3. The Kier molecular flexibility index (Phi) is 2.11. The number of ether oxygens (including phenoxy) is 1. The minimum atomic E-state index is 0.909. The highest BCUT2D eigenvalue weighted by Gasteiger charge is 2.08. The third-order valence-corrected chi connectivity index (χ3v) is 3.37. The third-order valence-electron chi connectivity index (χ3n) is 3.37. The molecule has 0 saturated heterocycles. The van der Waals surface area contributed by atoms with Crippen LogP contribution < -0.4 is 4.74 Å². The second kappa shape index (κ2) is 3.52. The van der Waals surface area contributed by atoms with Crippen molar-refractivity contribution in [2.75, 3.05) is 7.11 Å². The van der Waals surface area contributed by atoms with Crippen molar-refractivity contribution in [3.05, 3.63) is 42.0 Å². The molecule has 1 heterocycles. The molecule has 0 radical (unpaired) electrons. The summed E-state index contributed by atoms with van der Waals surface area (Å²) in [7, 11) is 3.81. The van der Waals surface area contributed by atoms with Gasteiger partial charge >= 0.3 is 0 Å². The second-order valence-corrected chi connectivity index (χ2v) is 4.46. The lowest BCUT2D eigenvalue weighted by atomic mass is 10.1. The first kappa shape index (κ1) is 10.2. The fourth-order valence-corrected chi connectivity index (χ4v) is 2.44. The van der Waals surface area contributed by atoms with Crippen LogP contribution in [0.1, 0.15) is 5.56 Å². The zero-order chi connectivity index (χ0) is 12.0. The van der Waals surface area contributed by atoms with Crippen LogP contribution >= 0.6 is 0 Å². The molecule has 0 bridgehead atoms. The summed E-state index contributed by atoms with van der Waals surface area (Å²) in [6, 6.07) is 12.8. The molecule has 0 aliphatic rings. The molecular weight excluding hydrogens is 210 g/mol. The van der Waals surface area contributed by atoms with Gasteiger partial charge < -0.3 is 9.30 Å². The Labute approximate surface area is 100 Å². The van der Waals surface area contributed by atoms with E-state index < -0.39 is 0 Å². The van der Waals surface area contributed by atoms with E-state index in [4.69, 9.17) is 4.74 Å². The first-order valence-corrected chi connectivity index (χ1v) is 5.73. The van der Waals surface area contributed by atoms with Crippen LogP contribution in [0.4, 0.5) is 0 Å². The molecule has 2 aromatic carbocycles. The van der Waals surface area contributed by atoms with Gasteiger partial charge in [-0.3, -0.25) is 0 Å². The summed E-state index contributed by atoms with van der Waals surface area (Å²) in [5.41, 5.74) is 3.79. The van der Waals surface area contributed by atoms with Crippen LogP contribution in [0.5, 0.6) is 5.75 Å². The van der Waals surface area contributed by atoms with Crippen molar-refractivity contribution in [3.8, 4) is 5.75 Å². The van der Waals surface area contributed by atoms with Crippen molar-refractivity contribution in [2.45, 2.75) is 6.92 Å². The van der Waals surface area contributed by atoms with E-state index >= 15 is 0 Å². The Morgan fingerprint density at radius 1 is 0.941 bits per heavy atom. The van der Waals surface area contributed by atoms with E-state index in [0.29, 0.717) is 0 Å². The van der Waals surface area contributed by atoms with Crippen LogP contribution in [0.25, 0.3) is 21.8 Å². The predicted octanol–water partition coefficient (Wildman–Crippen LogP) is 3.65. The summed E-state index contributed by atoms with van der Waals surface area (Å²) in [5, 5.41) is 2.55. The van der Waals surface area contributed by atoms with Gasteiger partial charge in [0.25, 0.3) is 0 Å². The van der Waals surface area contributed by atoms with E-state index in [0.717, 1.165) is 5.75 Å². The molecule has 86 valence electrons. The molecule has 0 atom stereocenters. The molecule has 0 fully saturated rings. The van der Waals surface area contributed by atoms with Crippen molar-refractivity contribution in [1.29, 1.82) is 0 Å². The normalized spacial score (nSPS) is 11.2. The number of methoxy groups -OCH3 is 1. The summed E-state index contributed by atoms with van der Waals surface area (Å²) < 4.78 is 7.53. The van der Waals surface area contributed by atoms with Crippen LogP contribution in [0.2, 0.25) is 0 Å². The Bertz CT molecular complexity index is 710. The Morgan fingerprint density at radius 2 is 1.59 bits per heavy atom. The molecule has 2 heteroatoms. The zero-order valence-corrected chi connectivity index (χ0v) is 10.3. The maximum atomic E-state index is 5.30. The van der Waals surface area contributed by atoms with Gasteiger partial charge in [0.1, 0.15) is 5.75 Å². The first-order valence-electron chi connectivity index (χ1n) is 5.73. The smallest absolute Gasteiger partial charge is 0.119 e. The van der Waals surface area contributed by atoms with Gasteiger partial charge in [0.15, 0.2) is 0 Å². The lowest BCUT2D eigenvalue weighted by Crippen LogP contribution is -1.86. The third kappa shape index (κ3) is 1.41. The molecule has 0 unspecified atom stereocenters. The van der Waals surface area contributed by atoms with Crippen LogP contribution in [0.15, 0.2) is 36.4 Å². The average molecular weight is 225 g/mol. The van der Waals surface area contributed by atoms with Gasteiger partial charge in [-0.1, -0.05) is 11.6 Å². The van der Waals surface area contributed by atoms with Gasteiger partial charge in [0, 0.05) is 28.9 Å². The van der Waals surface area contributed by atoms with Crippen LogP contribution in [0.3, 0.4) is 0 Å². The second-order valence-electron chi connectivity index (χ2n) is 4.46. The predicted molar refractivity (Wildman–Crippen MR) is 71.7 cm³/mol.